The van der Waals surface area contributed by atoms with Crippen LogP contribution < -0.4 is 10.3 Å². The monoisotopic (exact) mass is 357 g/mol. The maximum atomic E-state index is 12.4. The van der Waals surface area contributed by atoms with Gasteiger partial charge in [-0.1, -0.05) is 24.3 Å². The molecular weight excluding hydrogens is 338 g/mol. The van der Waals surface area contributed by atoms with Crippen molar-refractivity contribution in [2.75, 3.05) is 13.4 Å². The standard InChI is InChI=1S/C19H19NO4S/c1-20-11-17(14-6-4-5-7-15(14)19(20)21)16-10-13(12-25(3,22)23)8-9-18(16)24-2/h4-11H,12H2,1-3H3. The van der Waals surface area contributed by atoms with Crippen molar-refractivity contribution in [3.63, 3.8) is 0 Å². The zero-order chi connectivity index (χ0) is 18.2. The normalized spacial score (nSPS) is 11.6. The first kappa shape index (κ1) is 17.2. The van der Waals surface area contributed by atoms with Gasteiger partial charge >= 0.3 is 0 Å². The lowest BCUT2D eigenvalue weighted by atomic mass is 9.98. The number of nitrogens with zero attached hydrogens (tertiary/aromatic N) is 1. The summed E-state index contributed by atoms with van der Waals surface area (Å²) >= 11 is 0. The molecule has 1 heterocycles. The maximum absolute atomic E-state index is 12.4. The van der Waals surface area contributed by atoms with Crippen molar-refractivity contribution >= 4 is 20.6 Å². The Morgan fingerprint density at radius 3 is 2.36 bits per heavy atom. The maximum Gasteiger partial charge on any atom is 0.258 e. The summed E-state index contributed by atoms with van der Waals surface area (Å²) in [6.45, 7) is 0. The topological polar surface area (TPSA) is 65.4 Å². The van der Waals surface area contributed by atoms with Crippen LogP contribution in [0.15, 0.2) is 53.5 Å². The van der Waals surface area contributed by atoms with Crippen molar-refractivity contribution in [1.29, 1.82) is 0 Å². The van der Waals surface area contributed by atoms with Crippen LogP contribution in [0.1, 0.15) is 5.56 Å². The van der Waals surface area contributed by atoms with Crippen molar-refractivity contribution < 1.29 is 13.2 Å². The van der Waals surface area contributed by atoms with E-state index in [2.05, 4.69) is 0 Å². The van der Waals surface area contributed by atoms with Gasteiger partial charge in [-0.15, -0.1) is 0 Å². The molecule has 1 aromatic heterocycles. The van der Waals surface area contributed by atoms with Crippen LogP contribution >= 0.6 is 0 Å². The Bertz CT molecular complexity index is 1110. The quantitative estimate of drug-likeness (QED) is 0.720. The van der Waals surface area contributed by atoms with Crippen LogP contribution in [0.5, 0.6) is 5.75 Å². The molecule has 0 bridgehead atoms. The molecule has 0 amide bonds. The number of aromatic nitrogens is 1. The van der Waals surface area contributed by atoms with E-state index in [0.29, 0.717) is 16.7 Å². The fraction of sp³-hybridized carbons (Fsp3) is 0.211. The number of methoxy groups -OCH3 is 1. The Morgan fingerprint density at radius 1 is 1.04 bits per heavy atom. The van der Waals surface area contributed by atoms with Gasteiger partial charge in [0.15, 0.2) is 9.84 Å². The lowest BCUT2D eigenvalue weighted by Gasteiger charge is -2.14. The first-order chi connectivity index (χ1) is 11.8. The Balaban J connectivity index is 2.32. The highest BCUT2D eigenvalue weighted by Gasteiger charge is 2.15. The molecule has 6 heteroatoms. The third-order valence-electron chi connectivity index (χ3n) is 4.07. The van der Waals surface area contributed by atoms with E-state index in [1.165, 1.54) is 10.8 Å². The number of hydrogen-bond acceptors (Lipinski definition) is 4. The van der Waals surface area contributed by atoms with Gasteiger partial charge in [-0.05, 0) is 29.1 Å². The lowest BCUT2D eigenvalue weighted by Crippen LogP contribution is -2.16. The highest BCUT2D eigenvalue weighted by molar-refractivity contribution is 7.89. The van der Waals surface area contributed by atoms with Crippen LogP contribution in [0.25, 0.3) is 21.9 Å². The van der Waals surface area contributed by atoms with Gasteiger partial charge in [-0.2, -0.15) is 0 Å². The summed E-state index contributed by atoms with van der Waals surface area (Å²) in [6.07, 6.45) is 2.96. The third kappa shape index (κ3) is 3.44. The molecule has 0 radical (unpaired) electrons. The number of fused-ring (bicyclic) bond motifs is 1. The largest absolute Gasteiger partial charge is 0.496 e. The Kier molecular flexibility index (Phi) is 4.39. The van der Waals surface area contributed by atoms with Crippen molar-refractivity contribution in [3.8, 4) is 16.9 Å². The highest BCUT2D eigenvalue weighted by Crippen LogP contribution is 2.35. The first-order valence-electron chi connectivity index (χ1n) is 7.73. The van der Waals surface area contributed by atoms with E-state index in [9.17, 15) is 13.2 Å². The molecule has 3 rings (SSSR count). The zero-order valence-corrected chi connectivity index (χ0v) is 15.1. The summed E-state index contributed by atoms with van der Waals surface area (Å²) in [4.78, 5) is 12.4. The van der Waals surface area contributed by atoms with E-state index >= 15 is 0 Å². The summed E-state index contributed by atoms with van der Waals surface area (Å²) in [6, 6.07) is 12.7. The van der Waals surface area contributed by atoms with Crippen LogP contribution in [-0.4, -0.2) is 26.4 Å². The van der Waals surface area contributed by atoms with Gasteiger partial charge in [-0.25, -0.2) is 8.42 Å². The van der Waals surface area contributed by atoms with Crippen LogP contribution in [0.4, 0.5) is 0 Å². The molecule has 5 nitrogen and oxygen atoms in total. The highest BCUT2D eigenvalue weighted by atomic mass is 32.2. The fourth-order valence-electron chi connectivity index (χ4n) is 2.99. The summed E-state index contributed by atoms with van der Waals surface area (Å²) in [7, 11) is 0.119. The van der Waals surface area contributed by atoms with Crippen LogP contribution in [0.2, 0.25) is 0 Å². The number of hydrogen-bond donors (Lipinski definition) is 0. The number of aryl methyl sites for hydroxylation is 1. The second-order valence-corrected chi connectivity index (χ2v) is 8.25. The number of rotatable bonds is 4. The molecule has 2 aromatic carbocycles. The smallest absolute Gasteiger partial charge is 0.258 e. The summed E-state index contributed by atoms with van der Waals surface area (Å²) in [5.74, 6) is 0.578. The molecule has 0 saturated carbocycles. The van der Waals surface area contributed by atoms with Crippen LogP contribution in [-0.2, 0) is 22.6 Å². The van der Waals surface area contributed by atoms with Gasteiger partial charge in [0.05, 0.1) is 12.9 Å². The summed E-state index contributed by atoms with van der Waals surface area (Å²) < 4.78 is 30.3. The second kappa shape index (κ2) is 6.37. The molecule has 0 aliphatic carbocycles. The molecule has 25 heavy (non-hydrogen) atoms. The van der Waals surface area contributed by atoms with E-state index < -0.39 is 9.84 Å². The van der Waals surface area contributed by atoms with Crippen molar-refractivity contribution in [3.05, 3.63) is 64.6 Å². The Hall–Kier alpha value is -2.60. The predicted octanol–water partition coefficient (Wildman–Crippen LogP) is 2.76. The van der Waals surface area contributed by atoms with E-state index in [1.54, 1.807) is 38.6 Å². The molecule has 0 unspecified atom stereocenters. The van der Waals surface area contributed by atoms with Gasteiger partial charge in [-0.3, -0.25) is 4.79 Å². The van der Waals surface area contributed by atoms with Crippen molar-refractivity contribution in [2.24, 2.45) is 7.05 Å². The number of benzene rings is 2. The first-order valence-corrected chi connectivity index (χ1v) is 9.79. The van der Waals surface area contributed by atoms with Crippen molar-refractivity contribution in [1.82, 2.24) is 4.57 Å². The molecule has 0 saturated heterocycles. The average Bonchev–Trinajstić information content (AvgIpc) is 2.57. The van der Waals surface area contributed by atoms with E-state index in [4.69, 9.17) is 4.74 Å². The molecule has 0 atom stereocenters. The van der Waals surface area contributed by atoms with E-state index in [0.717, 1.165) is 16.5 Å². The molecule has 3 aromatic rings. The molecule has 0 aliphatic heterocycles. The minimum Gasteiger partial charge on any atom is -0.496 e. The van der Waals surface area contributed by atoms with E-state index in [1.807, 2.05) is 24.3 Å². The second-order valence-electron chi connectivity index (χ2n) is 6.11. The predicted molar refractivity (Wildman–Crippen MR) is 99.7 cm³/mol. The van der Waals surface area contributed by atoms with Crippen molar-refractivity contribution in [2.45, 2.75) is 5.75 Å². The fourth-order valence-corrected chi connectivity index (χ4v) is 3.77. The molecule has 130 valence electrons. The summed E-state index contributed by atoms with van der Waals surface area (Å²) in [5, 5.41) is 1.42. The van der Waals surface area contributed by atoms with Gasteiger partial charge in [0.25, 0.3) is 5.56 Å². The minimum atomic E-state index is -3.15. The van der Waals surface area contributed by atoms with Crippen LogP contribution in [0, 0.1) is 0 Å². The van der Waals surface area contributed by atoms with Gasteiger partial charge < -0.3 is 9.30 Å². The molecule has 0 N–H and O–H groups in total. The molecule has 0 aliphatic rings. The molecule has 0 spiro atoms. The number of sulfone groups is 1. The number of ether oxygens (including phenoxy) is 1. The van der Waals surface area contributed by atoms with Gasteiger partial charge in [0, 0.05) is 36.0 Å². The zero-order valence-electron chi connectivity index (χ0n) is 14.3. The number of pyridine rings is 1. The van der Waals surface area contributed by atoms with E-state index in [-0.39, 0.29) is 11.3 Å². The molecular formula is C19H19NO4S. The minimum absolute atomic E-state index is 0.0479. The van der Waals surface area contributed by atoms with Gasteiger partial charge in [0.2, 0.25) is 0 Å². The SMILES string of the molecule is COc1ccc(CS(C)(=O)=O)cc1-c1cn(C)c(=O)c2ccccc12. The van der Waals surface area contributed by atoms with Gasteiger partial charge in [0.1, 0.15) is 5.75 Å². The lowest BCUT2D eigenvalue weighted by molar-refractivity contribution is 0.416. The van der Waals surface area contributed by atoms with Crippen LogP contribution in [0.3, 0.4) is 0 Å². The Labute approximate surface area is 146 Å². The Morgan fingerprint density at radius 2 is 1.72 bits per heavy atom. The third-order valence-corrected chi connectivity index (χ3v) is 4.93. The average molecular weight is 357 g/mol. The summed E-state index contributed by atoms with van der Waals surface area (Å²) in [5.41, 5.74) is 2.18. The molecule has 0 fully saturated rings.